The van der Waals surface area contributed by atoms with E-state index in [1.165, 1.54) is 6.42 Å². The average Bonchev–Trinajstić information content (AvgIpc) is 2.19. The molecule has 0 aliphatic carbocycles. The van der Waals surface area contributed by atoms with Gasteiger partial charge in [0, 0.05) is 25.5 Å². The first kappa shape index (κ1) is 5.44. The van der Waals surface area contributed by atoms with E-state index < -0.39 is 0 Å². The van der Waals surface area contributed by atoms with E-state index in [1.54, 1.807) is 6.20 Å². The van der Waals surface area contributed by atoms with Gasteiger partial charge in [-0.2, -0.15) is 0 Å². The van der Waals surface area contributed by atoms with E-state index in [1.807, 2.05) is 11.2 Å². The zero-order valence-corrected chi connectivity index (χ0v) is 4.80. The number of rotatable bonds is 1. The van der Waals surface area contributed by atoms with Gasteiger partial charge < -0.3 is 10.7 Å². The predicted molar refractivity (Wildman–Crippen MR) is 32.7 cm³/mol. The Labute approximate surface area is 49.1 Å². The van der Waals surface area contributed by atoms with Crippen molar-refractivity contribution in [3.05, 3.63) is 12.4 Å². The van der Waals surface area contributed by atoms with E-state index in [4.69, 9.17) is 5.73 Å². The summed E-state index contributed by atoms with van der Waals surface area (Å²) in [6.07, 6.45) is 4.59. The van der Waals surface area contributed by atoms with Crippen molar-refractivity contribution in [3.63, 3.8) is 0 Å². The molecule has 1 aliphatic heterocycles. The summed E-state index contributed by atoms with van der Waals surface area (Å²) in [5.41, 5.74) is 8.27. The summed E-state index contributed by atoms with van der Waals surface area (Å²) in [5.74, 6) is 0. The van der Waals surface area contributed by atoms with E-state index >= 15 is 0 Å². The van der Waals surface area contributed by atoms with Crippen LogP contribution >= 0.6 is 0 Å². The van der Waals surface area contributed by atoms with Crippen molar-refractivity contribution < 1.29 is 0 Å². The number of nitrogens with zero attached hydrogens (tertiary/aromatic N) is 1. The molecule has 0 aromatic carbocycles. The van der Waals surface area contributed by atoms with Crippen LogP contribution in [0.2, 0.25) is 0 Å². The Kier molecular flexibility index (Phi) is 1.75. The number of nitrogens with two attached hydrogens (primary N) is 1. The second-order valence-electron chi connectivity index (χ2n) is 1.80. The number of hydrazine groups is 1. The molecule has 0 saturated carbocycles. The lowest BCUT2D eigenvalue weighted by Crippen LogP contribution is -2.24. The maximum Gasteiger partial charge on any atom is 0.0351 e. The average molecular weight is 113 g/mol. The minimum Gasteiger partial charge on any atom is -0.403 e. The Morgan fingerprint density at radius 2 is 2.50 bits per heavy atom. The lowest BCUT2D eigenvalue weighted by atomic mass is 10.5. The van der Waals surface area contributed by atoms with Gasteiger partial charge in [-0.3, -0.25) is 0 Å². The standard InChI is InChI=1S/C5H11N3/c6-2-5-8-4-1-3-7-8/h2,5,7H,1,3-4,6H2/b5-2-. The Bertz CT molecular complexity index is 83.7. The fourth-order valence-corrected chi connectivity index (χ4v) is 0.782. The van der Waals surface area contributed by atoms with Crippen molar-refractivity contribution in [2.45, 2.75) is 6.42 Å². The number of hydrogen-bond acceptors (Lipinski definition) is 3. The summed E-state index contributed by atoms with van der Waals surface area (Å²) >= 11 is 0. The molecule has 1 fully saturated rings. The Morgan fingerprint density at radius 3 is 3.00 bits per heavy atom. The van der Waals surface area contributed by atoms with Gasteiger partial charge in [0.2, 0.25) is 0 Å². The molecule has 0 amide bonds. The summed E-state index contributed by atoms with van der Waals surface area (Å²) in [5, 5.41) is 1.99. The van der Waals surface area contributed by atoms with Crippen molar-refractivity contribution in [2.75, 3.05) is 13.1 Å². The van der Waals surface area contributed by atoms with E-state index in [-0.39, 0.29) is 0 Å². The molecular formula is C5H11N3. The molecule has 3 heteroatoms. The highest BCUT2D eigenvalue weighted by Crippen LogP contribution is 1.94. The molecular weight excluding hydrogens is 102 g/mol. The first-order chi connectivity index (χ1) is 3.93. The Hall–Kier alpha value is -0.700. The molecule has 0 aromatic rings. The summed E-state index contributed by atoms with van der Waals surface area (Å²) < 4.78 is 0. The predicted octanol–water partition coefficient (Wildman–Crippen LogP) is -0.373. The van der Waals surface area contributed by atoms with Crippen molar-refractivity contribution in [1.29, 1.82) is 0 Å². The molecule has 0 radical (unpaired) electrons. The van der Waals surface area contributed by atoms with E-state index in [2.05, 4.69) is 5.43 Å². The van der Waals surface area contributed by atoms with Crippen LogP contribution in [0, 0.1) is 0 Å². The van der Waals surface area contributed by atoms with Gasteiger partial charge in [0.1, 0.15) is 0 Å². The van der Waals surface area contributed by atoms with Crippen molar-refractivity contribution in [2.24, 2.45) is 5.73 Å². The maximum atomic E-state index is 5.15. The second kappa shape index (κ2) is 2.57. The number of nitrogens with one attached hydrogen (secondary N) is 1. The first-order valence-corrected chi connectivity index (χ1v) is 2.82. The molecule has 1 rings (SSSR count). The lowest BCUT2D eigenvalue weighted by molar-refractivity contribution is 0.358. The normalized spacial score (nSPS) is 20.8. The van der Waals surface area contributed by atoms with Crippen LogP contribution in [0.5, 0.6) is 0 Å². The van der Waals surface area contributed by atoms with Gasteiger partial charge in [0.05, 0.1) is 0 Å². The van der Waals surface area contributed by atoms with Crippen molar-refractivity contribution in [1.82, 2.24) is 10.4 Å². The van der Waals surface area contributed by atoms with E-state index in [0.717, 1.165) is 13.1 Å². The van der Waals surface area contributed by atoms with E-state index in [9.17, 15) is 0 Å². The largest absolute Gasteiger partial charge is 0.403 e. The van der Waals surface area contributed by atoms with Crippen LogP contribution in [0.15, 0.2) is 12.4 Å². The molecule has 46 valence electrons. The van der Waals surface area contributed by atoms with Crippen LogP contribution < -0.4 is 11.2 Å². The third kappa shape index (κ3) is 1.13. The third-order valence-electron chi connectivity index (χ3n) is 1.16. The van der Waals surface area contributed by atoms with Gasteiger partial charge in [0.15, 0.2) is 0 Å². The highest BCUT2D eigenvalue weighted by Gasteiger charge is 2.03. The monoisotopic (exact) mass is 113 g/mol. The molecule has 0 unspecified atom stereocenters. The summed E-state index contributed by atoms with van der Waals surface area (Å²) in [4.78, 5) is 0. The summed E-state index contributed by atoms with van der Waals surface area (Å²) in [6.45, 7) is 2.15. The maximum absolute atomic E-state index is 5.15. The molecule has 1 saturated heterocycles. The van der Waals surface area contributed by atoms with Gasteiger partial charge in [-0.15, -0.1) is 0 Å². The van der Waals surface area contributed by atoms with Crippen LogP contribution in [0.1, 0.15) is 6.42 Å². The quantitative estimate of drug-likeness (QED) is 0.487. The Balaban J connectivity index is 2.24. The highest BCUT2D eigenvalue weighted by molar-refractivity contribution is 4.77. The smallest absolute Gasteiger partial charge is 0.0351 e. The topological polar surface area (TPSA) is 41.3 Å². The molecule has 1 heterocycles. The number of hydrogen-bond donors (Lipinski definition) is 2. The van der Waals surface area contributed by atoms with Gasteiger partial charge in [0.25, 0.3) is 0 Å². The summed E-state index contributed by atoms with van der Waals surface area (Å²) in [7, 11) is 0. The van der Waals surface area contributed by atoms with Crippen LogP contribution in [0.3, 0.4) is 0 Å². The van der Waals surface area contributed by atoms with Crippen LogP contribution in [0.4, 0.5) is 0 Å². The highest BCUT2D eigenvalue weighted by atomic mass is 15.5. The first-order valence-electron chi connectivity index (χ1n) is 2.82. The van der Waals surface area contributed by atoms with Gasteiger partial charge in [-0.25, -0.2) is 5.43 Å². The SMILES string of the molecule is N/C=C\N1CCCN1. The minimum absolute atomic E-state index is 1.07. The fourth-order valence-electron chi connectivity index (χ4n) is 0.782. The van der Waals surface area contributed by atoms with Crippen LogP contribution in [-0.4, -0.2) is 18.1 Å². The Morgan fingerprint density at radius 1 is 1.62 bits per heavy atom. The lowest BCUT2D eigenvalue weighted by Gasteiger charge is -2.09. The zero-order chi connectivity index (χ0) is 5.82. The fraction of sp³-hybridized carbons (Fsp3) is 0.600. The molecule has 1 aliphatic rings. The molecule has 0 spiro atoms. The molecule has 0 atom stereocenters. The zero-order valence-electron chi connectivity index (χ0n) is 4.80. The van der Waals surface area contributed by atoms with Crippen LogP contribution in [0.25, 0.3) is 0 Å². The molecule has 3 nitrogen and oxygen atoms in total. The minimum atomic E-state index is 1.07. The van der Waals surface area contributed by atoms with Gasteiger partial charge in [-0.05, 0) is 6.42 Å². The van der Waals surface area contributed by atoms with Crippen molar-refractivity contribution in [3.8, 4) is 0 Å². The summed E-state index contributed by atoms with van der Waals surface area (Å²) in [6, 6.07) is 0. The third-order valence-corrected chi connectivity index (χ3v) is 1.16. The molecule has 3 N–H and O–H groups in total. The molecule has 0 bridgehead atoms. The van der Waals surface area contributed by atoms with Crippen LogP contribution in [-0.2, 0) is 0 Å². The molecule has 0 aromatic heterocycles. The van der Waals surface area contributed by atoms with Gasteiger partial charge in [-0.1, -0.05) is 0 Å². The second-order valence-corrected chi connectivity index (χ2v) is 1.80. The molecule has 8 heavy (non-hydrogen) atoms. The van der Waals surface area contributed by atoms with Crippen molar-refractivity contribution >= 4 is 0 Å². The van der Waals surface area contributed by atoms with Gasteiger partial charge >= 0.3 is 0 Å². The van der Waals surface area contributed by atoms with E-state index in [0.29, 0.717) is 0 Å².